The third kappa shape index (κ3) is 4.39. The van der Waals surface area contributed by atoms with Gasteiger partial charge in [0, 0.05) is 68.1 Å². The molecule has 34 heavy (non-hydrogen) atoms. The Labute approximate surface area is 197 Å². The Morgan fingerprint density at radius 1 is 0.912 bits per heavy atom. The van der Waals surface area contributed by atoms with Crippen molar-refractivity contribution in [2.45, 2.75) is 6.54 Å². The molecule has 0 unspecified atom stereocenters. The van der Waals surface area contributed by atoms with Crippen molar-refractivity contribution in [2.24, 2.45) is 0 Å². The normalized spacial score (nSPS) is 17.5. The molecule has 3 aromatic heterocycles. The van der Waals surface area contributed by atoms with Crippen LogP contribution in [-0.4, -0.2) is 93.4 Å². The number of benzene rings is 1. The lowest BCUT2D eigenvalue weighted by Crippen LogP contribution is -2.38. The Morgan fingerprint density at radius 3 is 2.59 bits per heavy atom. The maximum Gasteiger partial charge on any atom is 0.182 e. The van der Waals surface area contributed by atoms with Crippen LogP contribution in [0.4, 0.5) is 5.69 Å². The van der Waals surface area contributed by atoms with Crippen LogP contribution in [0.1, 0.15) is 0 Å². The maximum atomic E-state index is 5.49. The van der Waals surface area contributed by atoms with Gasteiger partial charge in [0.25, 0.3) is 0 Å². The summed E-state index contributed by atoms with van der Waals surface area (Å²) in [4.78, 5) is 14.2. The van der Waals surface area contributed by atoms with Gasteiger partial charge in [0.2, 0.25) is 0 Å². The number of anilines is 1. The van der Waals surface area contributed by atoms with E-state index in [1.807, 2.05) is 23.3 Å². The van der Waals surface area contributed by atoms with E-state index in [0.717, 1.165) is 88.2 Å². The van der Waals surface area contributed by atoms with Crippen LogP contribution in [-0.2, 0) is 16.0 Å². The maximum absolute atomic E-state index is 5.49. The molecule has 0 bridgehead atoms. The van der Waals surface area contributed by atoms with Gasteiger partial charge in [-0.25, -0.2) is 9.50 Å². The Bertz CT molecular complexity index is 1260. The summed E-state index contributed by atoms with van der Waals surface area (Å²) in [5.74, 6) is 0.684. The fraction of sp³-hybridized carbons (Fsp3) is 0.417. The number of morpholine rings is 2. The highest BCUT2D eigenvalue weighted by molar-refractivity contribution is 5.74. The molecule has 6 rings (SSSR count). The van der Waals surface area contributed by atoms with Gasteiger partial charge in [0.1, 0.15) is 5.69 Å². The summed E-state index contributed by atoms with van der Waals surface area (Å²) in [6.45, 7) is 8.65. The minimum atomic E-state index is 0.684. The Kier molecular flexibility index (Phi) is 5.92. The van der Waals surface area contributed by atoms with Crippen LogP contribution in [0.2, 0.25) is 0 Å². The average molecular weight is 461 g/mol. The Morgan fingerprint density at radius 2 is 1.74 bits per heavy atom. The number of aromatic nitrogens is 6. The molecule has 0 amide bonds. The zero-order valence-corrected chi connectivity index (χ0v) is 19.1. The smallest absolute Gasteiger partial charge is 0.182 e. The number of hydrogen-bond donors (Lipinski definition) is 0. The first-order valence-electron chi connectivity index (χ1n) is 11.8. The molecule has 2 saturated heterocycles. The average Bonchev–Trinajstić information content (AvgIpc) is 3.56. The SMILES string of the molecule is c1cc(-c2nc3c(-c4cnn(CCN5CCOCC5)c4)nccn3n2)cc(N2CCOCC2)c1. The van der Waals surface area contributed by atoms with Crippen LogP contribution in [0.15, 0.2) is 49.1 Å². The molecule has 0 N–H and O–H groups in total. The summed E-state index contributed by atoms with van der Waals surface area (Å²) in [6, 6.07) is 8.39. The molecule has 1 aromatic carbocycles. The summed E-state index contributed by atoms with van der Waals surface area (Å²) >= 11 is 0. The monoisotopic (exact) mass is 460 g/mol. The molecule has 0 spiro atoms. The molecular weight excluding hydrogens is 432 g/mol. The second-order valence-electron chi connectivity index (χ2n) is 8.58. The highest BCUT2D eigenvalue weighted by atomic mass is 16.5. The second kappa shape index (κ2) is 9.49. The predicted molar refractivity (Wildman–Crippen MR) is 128 cm³/mol. The van der Waals surface area contributed by atoms with Gasteiger partial charge in [-0.1, -0.05) is 12.1 Å². The first kappa shape index (κ1) is 21.2. The largest absolute Gasteiger partial charge is 0.379 e. The van der Waals surface area contributed by atoms with Crippen molar-refractivity contribution in [3.05, 3.63) is 49.1 Å². The first-order chi connectivity index (χ1) is 16.8. The molecule has 2 aliphatic rings. The quantitative estimate of drug-likeness (QED) is 0.431. The summed E-state index contributed by atoms with van der Waals surface area (Å²) in [6.07, 6.45) is 7.49. The van der Waals surface area contributed by atoms with E-state index in [-0.39, 0.29) is 0 Å². The van der Waals surface area contributed by atoms with E-state index in [9.17, 15) is 0 Å². The Hall–Kier alpha value is -3.34. The van der Waals surface area contributed by atoms with Gasteiger partial charge >= 0.3 is 0 Å². The van der Waals surface area contributed by atoms with Crippen molar-refractivity contribution in [3.63, 3.8) is 0 Å². The van der Waals surface area contributed by atoms with Gasteiger partial charge < -0.3 is 14.4 Å². The van der Waals surface area contributed by atoms with Crippen molar-refractivity contribution in [1.82, 2.24) is 34.3 Å². The lowest BCUT2D eigenvalue weighted by atomic mass is 10.1. The zero-order chi connectivity index (χ0) is 22.7. The highest BCUT2D eigenvalue weighted by Crippen LogP contribution is 2.26. The molecule has 10 heteroatoms. The molecule has 176 valence electrons. The number of nitrogens with zero attached hydrogens (tertiary/aromatic N) is 8. The van der Waals surface area contributed by atoms with Crippen LogP contribution in [0.5, 0.6) is 0 Å². The van der Waals surface area contributed by atoms with Crippen LogP contribution in [0, 0.1) is 0 Å². The molecule has 0 radical (unpaired) electrons. The summed E-state index contributed by atoms with van der Waals surface area (Å²) in [5, 5.41) is 9.29. The minimum Gasteiger partial charge on any atom is -0.379 e. The van der Waals surface area contributed by atoms with Gasteiger partial charge in [-0.3, -0.25) is 14.6 Å². The Balaban J connectivity index is 1.24. The number of hydrogen-bond acceptors (Lipinski definition) is 8. The molecule has 2 aliphatic heterocycles. The van der Waals surface area contributed by atoms with Crippen molar-refractivity contribution >= 4 is 11.3 Å². The van der Waals surface area contributed by atoms with Gasteiger partial charge in [-0.15, -0.1) is 5.10 Å². The molecule has 4 aromatic rings. The van der Waals surface area contributed by atoms with E-state index in [1.54, 1.807) is 10.7 Å². The third-order valence-electron chi connectivity index (χ3n) is 6.39. The molecule has 0 aliphatic carbocycles. The van der Waals surface area contributed by atoms with Crippen LogP contribution in [0.25, 0.3) is 28.3 Å². The fourth-order valence-corrected chi connectivity index (χ4v) is 4.48. The van der Waals surface area contributed by atoms with Gasteiger partial charge in [-0.05, 0) is 12.1 Å². The van der Waals surface area contributed by atoms with Crippen molar-refractivity contribution < 1.29 is 9.47 Å². The second-order valence-corrected chi connectivity index (χ2v) is 8.58. The van der Waals surface area contributed by atoms with Crippen LogP contribution in [0.3, 0.4) is 0 Å². The first-order valence-corrected chi connectivity index (χ1v) is 11.8. The number of rotatable bonds is 6. The predicted octanol–water partition coefficient (Wildman–Crippen LogP) is 1.82. The summed E-state index contributed by atoms with van der Waals surface area (Å²) in [5.41, 5.74) is 4.60. The lowest BCUT2D eigenvalue weighted by Gasteiger charge is -2.29. The summed E-state index contributed by atoms with van der Waals surface area (Å²) < 4.78 is 14.7. The molecule has 10 nitrogen and oxygen atoms in total. The summed E-state index contributed by atoms with van der Waals surface area (Å²) in [7, 11) is 0. The van der Waals surface area contributed by atoms with E-state index < -0.39 is 0 Å². The zero-order valence-electron chi connectivity index (χ0n) is 19.1. The van der Waals surface area contributed by atoms with Gasteiger partial charge in [-0.2, -0.15) is 5.10 Å². The molecule has 0 atom stereocenters. The number of ether oxygens (including phenoxy) is 2. The number of fused-ring (bicyclic) bond motifs is 1. The van der Waals surface area contributed by atoms with Crippen LogP contribution < -0.4 is 4.90 Å². The van der Waals surface area contributed by atoms with Crippen LogP contribution >= 0.6 is 0 Å². The molecular formula is C24H28N8O2. The fourth-order valence-electron chi connectivity index (χ4n) is 4.48. The van der Waals surface area contributed by atoms with Gasteiger partial charge in [0.15, 0.2) is 11.5 Å². The molecule has 5 heterocycles. The van der Waals surface area contributed by atoms with Crippen molar-refractivity contribution in [3.8, 4) is 22.6 Å². The van der Waals surface area contributed by atoms with E-state index in [1.165, 1.54) is 5.69 Å². The van der Waals surface area contributed by atoms with Crippen molar-refractivity contribution in [2.75, 3.05) is 64.1 Å². The van der Waals surface area contributed by atoms with E-state index in [2.05, 4.69) is 44.1 Å². The minimum absolute atomic E-state index is 0.684. The molecule has 2 fully saturated rings. The van der Waals surface area contributed by atoms with Crippen molar-refractivity contribution in [1.29, 1.82) is 0 Å². The van der Waals surface area contributed by atoms with E-state index in [4.69, 9.17) is 19.6 Å². The van der Waals surface area contributed by atoms with E-state index >= 15 is 0 Å². The lowest BCUT2D eigenvalue weighted by molar-refractivity contribution is 0.0360. The standard InChI is InChI=1S/C24H28N8O2/c1-2-19(16-21(3-1)30-10-14-34-15-11-30)23-27-24-22(25-4-5-32(24)28-23)20-17-26-31(18-20)7-6-29-8-12-33-13-9-29/h1-5,16-18H,6-15H2. The van der Waals surface area contributed by atoms with E-state index in [0.29, 0.717) is 5.82 Å². The topological polar surface area (TPSA) is 85.8 Å². The van der Waals surface area contributed by atoms with Gasteiger partial charge in [0.05, 0.1) is 39.2 Å². The highest BCUT2D eigenvalue weighted by Gasteiger charge is 2.17. The third-order valence-corrected chi connectivity index (χ3v) is 6.39. The molecule has 0 saturated carbocycles.